The molecule has 1 aromatic rings. The highest BCUT2D eigenvalue weighted by Gasteiger charge is 2.17. The van der Waals surface area contributed by atoms with Crippen molar-refractivity contribution < 1.29 is 4.79 Å². The minimum Gasteiger partial charge on any atom is -0.379 e. The maximum Gasteiger partial charge on any atom is 0.248 e. The van der Waals surface area contributed by atoms with Crippen molar-refractivity contribution in [3.63, 3.8) is 0 Å². The molecule has 2 rings (SSSR count). The van der Waals surface area contributed by atoms with E-state index in [0.717, 1.165) is 18.8 Å². The molecule has 80 valence electrons. The van der Waals surface area contributed by atoms with Crippen molar-refractivity contribution in [1.29, 1.82) is 0 Å². The monoisotopic (exact) mass is 225 g/mol. The summed E-state index contributed by atoms with van der Waals surface area (Å²) in [7, 11) is 0. The first-order chi connectivity index (χ1) is 7.16. The molecule has 0 atom stereocenters. The molecule has 0 aliphatic carbocycles. The summed E-state index contributed by atoms with van der Waals surface area (Å²) >= 11 is 6.01. The van der Waals surface area contributed by atoms with Gasteiger partial charge in [-0.15, -0.1) is 0 Å². The van der Waals surface area contributed by atoms with E-state index < -0.39 is 5.91 Å². The Balaban J connectivity index is 2.14. The van der Waals surface area contributed by atoms with Gasteiger partial charge in [0.15, 0.2) is 0 Å². The number of carbonyl (C=O) groups is 1. The van der Waals surface area contributed by atoms with Gasteiger partial charge in [0, 0.05) is 18.7 Å². The Labute approximate surface area is 92.8 Å². The molecule has 0 spiro atoms. The van der Waals surface area contributed by atoms with Gasteiger partial charge >= 0.3 is 0 Å². The lowest BCUT2D eigenvalue weighted by Crippen LogP contribution is -2.51. The van der Waals surface area contributed by atoms with Crippen LogP contribution >= 0.6 is 11.6 Å². The zero-order chi connectivity index (χ0) is 10.8. The van der Waals surface area contributed by atoms with Crippen LogP contribution in [0.2, 0.25) is 5.02 Å². The van der Waals surface area contributed by atoms with Crippen molar-refractivity contribution in [2.24, 2.45) is 5.73 Å². The highest BCUT2D eigenvalue weighted by atomic mass is 35.5. The third-order valence-electron chi connectivity index (χ3n) is 2.39. The first-order valence-electron chi connectivity index (χ1n) is 4.73. The van der Waals surface area contributed by atoms with E-state index in [2.05, 4.69) is 10.6 Å². The van der Waals surface area contributed by atoms with Gasteiger partial charge < -0.3 is 16.4 Å². The second-order valence-corrected chi connectivity index (χ2v) is 3.97. The van der Waals surface area contributed by atoms with Crippen LogP contribution in [0.15, 0.2) is 18.2 Å². The first-order valence-corrected chi connectivity index (χ1v) is 5.11. The highest BCUT2D eigenvalue weighted by Crippen LogP contribution is 2.24. The topological polar surface area (TPSA) is 67.2 Å². The van der Waals surface area contributed by atoms with Gasteiger partial charge in [0.25, 0.3) is 0 Å². The predicted molar refractivity (Wildman–Crippen MR) is 60.3 cm³/mol. The number of hydrogen-bond donors (Lipinski definition) is 3. The summed E-state index contributed by atoms with van der Waals surface area (Å²) in [6, 6.07) is 5.45. The number of rotatable bonds is 3. The molecule has 4 N–H and O–H groups in total. The summed E-state index contributed by atoms with van der Waals surface area (Å²) in [5.41, 5.74) is 6.41. The quantitative estimate of drug-likeness (QED) is 0.714. The Morgan fingerprint density at radius 2 is 2.27 bits per heavy atom. The van der Waals surface area contributed by atoms with E-state index in [9.17, 15) is 4.79 Å². The van der Waals surface area contributed by atoms with E-state index in [1.54, 1.807) is 18.2 Å². The maximum absolute atomic E-state index is 10.9. The summed E-state index contributed by atoms with van der Waals surface area (Å²) < 4.78 is 0. The van der Waals surface area contributed by atoms with Gasteiger partial charge in [-0.1, -0.05) is 11.6 Å². The van der Waals surface area contributed by atoms with Crippen LogP contribution in [0.3, 0.4) is 0 Å². The molecule has 1 saturated heterocycles. The van der Waals surface area contributed by atoms with Gasteiger partial charge in [0.05, 0.1) is 16.8 Å². The molecular formula is C10H12ClN3O. The Hall–Kier alpha value is -1.26. The third-order valence-corrected chi connectivity index (χ3v) is 2.71. The van der Waals surface area contributed by atoms with Crippen molar-refractivity contribution in [2.75, 3.05) is 18.4 Å². The van der Waals surface area contributed by atoms with E-state index in [1.807, 2.05) is 0 Å². The zero-order valence-electron chi connectivity index (χ0n) is 8.09. The van der Waals surface area contributed by atoms with Gasteiger partial charge in [-0.25, -0.2) is 0 Å². The van der Waals surface area contributed by atoms with E-state index in [4.69, 9.17) is 17.3 Å². The highest BCUT2D eigenvalue weighted by molar-refractivity contribution is 6.33. The van der Waals surface area contributed by atoms with Crippen LogP contribution in [0.4, 0.5) is 5.69 Å². The number of amides is 1. The van der Waals surface area contributed by atoms with Gasteiger partial charge in [0.1, 0.15) is 0 Å². The molecule has 1 aliphatic heterocycles. The fourth-order valence-electron chi connectivity index (χ4n) is 1.40. The smallest absolute Gasteiger partial charge is 0.248 e. The average Bonchev–Trinajstić information content (AvgIpc) is 2.12. The molecule has 4 nitrogen and oxygen atoms in total. The summed E-state index contributed by atoms with van der Waals surface area (Å²) in [5, 5.41) is 6.94. The second-order valence-electron chi connectivity index (χ2n) is 3.56. The minimum absolute atomic E-state index is 0.418. The van der Waals surface area contributed by atoms with E-state index in [-0.39, 0.29) is 0 Å². The van der Waals surface area contributed by atoms with Crippen LogP contribution in [0.5, 0.6) is 0 Å². The molecule has 0 saturated carbocycles. The van der Waals surface area contributed by atoms with E-state index in [0.29, 0.717) is 16.6 Å². The van der Waals surface area contributed by atoms with Crippen molar-refractivity contribution in [3.05, 3.63) is 28.8 Å². The Morgan fingerprint density at radius 3 is 2.73 bits per heavy atom. The first kappa shape index (κ1) is 10.3. The molecule has 0 unspecified atom stereocenters. The number of halogens is 1. The standard InChI is InChI=1S/C10H12ClN3O/c11-8-3-6(10(12)15)1-2-9(8)14-7-4-13-5-7/h1-3,7,13-14H,4-5H2,(H2,12,15). The average molecular weight is 226 g/mol. The fourth-order valence-corrected chi connectivity index (χ4v) is 1.63. The molecule has 0 radical (unpaired) electrons. The Bertz CT molecular complexity index is 390. The van der Waals surface area contributed by atoms with Crippen molar-refractivity contribution in [3.8, 4) is 0 Å². The largest absolute Gasteiger partial charge is 0.379 e. The minimum atomic E-state index is -0.464. The SMILES string of the molecule is NC(=O)c1ccc(NC2CNC2)c(Cl)c1. The number of carbonyl (C=O) groups excluding carboxylic acids is 1. The number of nitrogens with two attached hydrogens (primary N) is 1. The molecule has 1 aliphatic rings. The van der Waals surface area contributed by atoms with Crippen LogP contribution in [-0.4, -0.2) is 25.0 Å². The molecule has 1 fully saturated rings. The summed E-state index contributed by atoms with van der Waals surface area (Å²) in [6.45, 7) is 1.88. The summed E-state index contributed by atoms with van der Waals surface area (Å²) in [5.74, 6) is -0.464. The zero-order valence-corrected chi connectivity index (χ0v) is 8.84. The number of benzene rings is 1. The Kier molecular flexibility index (Phi) is 2.79. The van der Waals surface area contributed by atoms with Crippen LogP contribution in [0.25, 0.3) is 0 Å². The molecule has 15 heavy (non-hydrogen) atoms. The van der Waals surface area contributed by atoms with Gasteiger partial charge in [-0.05, 0) is 18.2 Å². The van der Waals surface area contributed by atoms with Crippen LogP contribution < -0.4 is 16.4 Å². The molecule has 5 heteroatoms. The molecule has 1 amide bonds. The van der Waals surface area contributed by atoms with Crippen molar-refractivity contribution in [2.45, 2.75) is 6.04 Å². The van der Waals surface area contributed by atoms with Crippen LogP contribution in [0.1, 0.15) is 10.4 Å². The van der Waals surface area contributed by atoms with Gasteiger partial charge in [-0.3, -0.25) is 4.79 Å². The molecule has 0 aromatic heterocycles. The van der Waals surface area contributed by atoms with Crippen LogP contribution in [-0.2, 0) is 0 Å². The molecular weight excluding hydrogens is 214 g/mol. The summed E-state index contributed by atoms with van der Waals surface area (Å²) in [4.78, 5) is 10.9. The van der Waals surface area contributed by atoms with E-state index >= 15 is 0 Å². The number of nitrogens with one attached hydrogen (secondary N) is 2. The van der Waals surface area contributed by atoms with Gasteiger partial charge in [-0.2, -0.15) is 0 Å². The van der Waals surface area contributed by atoms with Crippen molar-refractivity contribution >= 4 is 23.2 Å². The Morgan fingerprint density at radius 1 is 1.53 bits per heavy atom. The number of primary amides is 1. The third kappa shape index (κ3) is 2.22. The molecule has 0 bridgehead atoms. The van der Waals surface area contributed by atoms with Gasteiger partial charge in [0.2, 0.25) is 5.91 Å². The van der Waals surface area contributed by atoms with E-state index in [1.165, 1.54) is 0 Å². The number of anilines is 1. The summed E-state index contributed by atoms with van der Waals surface area (Å²) in [6.07, 6.45) is 0. The van der Waals surface area contributed by atoms with Crippen LogP contribution in [0, 0.1) is 0 Å². The molecule has 1 heterocycles. The fraction of sp³-hybridized carbons (Fsp3) is 0.300. The predicted octanol–water partition coefficient (Wildman–Crippen LogP) is 0.823. The number of hydrogen-bond acceptors (Lipinski definition) is 3. The molecule has 1 aromatic carbocycles. The maximum atomic E-state index is 10.9. The lowest BCUT2D eigenvalue weighted by molar-refractivity contribution is 0.100. The normalized spacial score (nSPS) is 15.8. The van der Waals surface area contributed by atoms with Crippen molar-refractivity contribution in [1.82, 2.24) is 5.32 Å². The lowest BCUT2D eigenvalue weighted by atomic mass is 10.1. The second kappa shape index (κ2) is 4.08. The lowest BCUT2D eigenvalue weighted by Gasteiger charge is -2.29.